The molecule has 1 aliphatic rings. The fourth-order valence-corrected chi connectivity index (χ4v) is 4.29. The fourth-order valence-electron chi connectivity index (χ4n) is 4.16. The Morgan fingerprint density at radius 3 is 2.24 bits per heavy atom. The van der Waals surface area contributed by atoms with Gasteiger partial charge in [0.15, 0.2) is 0 Å². The predicted octanol–water partition coefficient (Wildman–Crippen LogP) is 7.00. The van der Waals surface area contributed by atoms with E-state index in [4.69, 9.17) is 16.3 Å². The molecule has 0 bridgehead atoms. The van der Waals surface area contributed by atoms with E-state index in [1.807, 2.05) is 37.3 Å². The molecule has 0 aliphatic carbocycles. The fraction of sp³-hybridized carbons (Fsp3) is 0.222. The highest BCUT2D eigenvalue weighted by molar-refractivity contribution is 6.30. The van der Waals surface area contributed by atoms with Crippen molar-refractivity contribution in [1.29, 1.82) is 0 Å². The molecule has 1 aliphatic heterocycles. The van der Waals surface area contributed by atoms with Gasteiger partial charge in [-0.05, 0) is 61.4 Å². The standard InChI is InChI=1S/C27H23ClF3N3O4/c1-3-37-25(36)34(21-13-15-22(16-14-21)38-27(29,30)31)24(35)33-17-26(2,19-7-5-4-6-8-19)23(32-33)18-9-11-20(28)12-10-18/h4-16H,3,17H2,1-2H3. The number of carbonyl (C=O) groups excluding carboxylic acids is 2. The van der Waals surface area contributed by atoms with Gasteiger partial charge in [-0.25, -0.2) is 14.6 Å². The zero-order valence-electron chi connectivity index (χ0n) is 20.4. The van der Waals surface area contributed by atoms with Crippen molar-refractivity contribution in [2.75, 3.05) is 18.1 Å². The first-order valence-corrected chi connectivity index (χ1v) is 11.9. The van der Waals surface area contributed by atoms with Crippen LogP contribution in [0.25, 0.3) is 0 Å². The molecule has 4 rings (SSSR count). The highest BCUT2D eigenvalue weighted by Gasteiger charge is 2.45. The quantitative estimate of drug-likeness (QED) is 0.346. The number of hydrogen-bond acceptors (Lipinski definition) is 5. The zero-order valence-corrected chi connectivity index (χ0v) is 21.2. The molecular weight excluding hydrogens is 523 g/mol. The number of ether oxygens (including phenoxy) is 2. The van der Waals surface area contributed by atoms with Gasteiger partial charge < -0.3 is 9.47 Å². The van der Waals surface area contributed by atoms with E-state index in [-0.39, 0.29) is 18.8 Å². The number of alkyl halides is 3. The van der Waals surface area contributed by atoms with Crippen molar-refractivity contribution < 1.29 is 32.2 Å². The van der Waals surface area contributed by atoms with E-state index < -0.39 is 29.7 Å². The maximum absolute atomic E-state index is 13.7. The number of carbonyl (C=O) groups is 2. The third-order valence-electron chi connectivity index (χ3n) is 5.93. The van der Waals surface area contributed by atoms with Gasteiger partial charge in [0.25, 0.3) is 0 Å². The van der Waals surface area contributed by atoms with Crippen LogP contribution < -0.4 is 9.64 Å². The Morgan fingerprint density at radius 1 is 1.03 bits per heavy atom. The molecule has 0 spiro atoms. The summed E-state index contributed by atoms with van der Waals surface area (Å²) >= 11 is 6.07. The van der Waals surface area contributed by atoms with Crippen molar-refractivity contribution in [3.05, 3.63) is 95.0 Å². The zero-order chi connectivity index (χ0) is 27.5. The lowest BCUT2D eigenvalue weighted by molar-refractivity contribution is -0.274. The summed E-state index contributed by atoms with van der Waals surface area (Å²) in [7, 11) is 0. The van der Waals surface area contributed by atoms with E-state index in [9.17, 15) is 22.8 Å². The van der Waals surface area contributed by atoms with Gasteiger partial charge in [-0.3, -0.25) is 0 Å². The van der Waals surface area contributed by atoms with Gasteiger partial charge in [-0.15, -0.1) is 13.2 Å². The van der Waals surface area contributed by atoms with Gasteiger partial charge in [0.1, 0.15) is 5.75 Å². The minimum Gasteiger partial charge on any atom is -0.449 e. The molecule has 0 fully saturated rings. The lowest BCUT2D eigenvalue weighted by atomic mass is 9.76. The third-order valence-corrected chi connectivity index (χ3v) is 6.18. The molecule has 0 radical (unpaired) electrons. The first kappa shape index (κ1) is 27.0. The van der Waals surface area contributed by atoms with Crippen LogP contribution in [0.1, 0.15) is 25.0 Å². The van der Waals surface area contributed by atoms with Crippen molar-refractivity contribution in [3.63, 3.8) is 0 Å². The second-order valence-electron chi connectivity index (χ2n) is 8.57. The lowest BCUT2D eigenvalue weighted by Crippen LogP contribution is -2.46. The summed E-state index contributed by atoms with van der Waals surface area (Å²) < 4.78 is 46.7. The van der Waals surface area contributed by atoms with Gasteiger partial charge >= 0.3 is 18.5 Å². The summed E-state index contributed by atoms with van der Waals surface area (Å²) in [5.74, 6) is -0.502. The Bertz CT molecular complexity index is 1330. The summed E-state index contributed by atoms with van der Waals surface area (Å²) in [5, 5.41) is 6.29. The second-order valence-corrected chi connectivity index (χ2v) is 9.01. The number of hydrazone groups is 1. The van der Waals surface area contributed by atoms with Crippen LogP contribution in [-0.2, 0) is 10.2 Å². The summed E-state index contributed by atoms with van der Waals surface area (Å²) in [6.07, 6.45) is -5.89. The molecule has 3 aromatic rings. The van der Waals surface area contributed by atoms with Gasteiger partial charge in [0, 0.05) is 5.02 Å². The van der Waals surface area contributed by atoms with Crippen molar-refractivity contribution >= 4 is 35.1 Å². The average Bonchev–Trinajstić information content (AvgIpc) is 3.24. The number of halogens is 4. The first-order valence-electron chi connectivity index (χ1n) is 11.6. The molecule has 1 heterocycles. The largest absolute Gasteiger partial charge is 0.573 e. The minimum atomic E-state index is -4.89. The van der Waals surface area contributed by atoms with Crippen LogP contribution in [0.2, 0.25) is 5.02 Å². The molecular formula is C27H23ClF3N3O4. The molecule has 198 valence electrons. The monoisotopic (exact) mass is 545 g/mol. The molecule has 0 aromatic heterocycles. The normalized spacial score (nSPS) is 17.1. The van der Waals surface area contributed by atoms with Crippen molar-refractivity contribution in [1.82, 2.24) is 5.01 Å². The summed E-state index contributed by atoms with van der Waals surface area (Å²) in [5.41, 5.74) is 1.42. The number of anilines is 1. The average molecular weight is 546 g/mol. The maximum Gasteiger partial charge on any atom is 0.573 e. The van der Waals surface area contributed by atoms with Crippen LogP contribution >= 0.6 is 11.6 Å². The number of urea groups is 1. The number of hydrogen-bond donors (Lipinski definition) is 0. The molecule has 1 atom stereocenters. The Kier molecular flexibility index (Phi) is 7.63. The Labute approximate surface area is 222 Å². The highest BCUT2D eigenvalue weighted by atomic mass is 35.5. The lowest BCUT2D eigenvalue weighted by Gasteiger charge is -2.28. The SMILES string of the molecule is CCOC(=O)N(C(=O)N1CC(C)(c2ccccc2)C(c2ccc(Cl)cc2)=N1)c1ccc(OC(F)(F)F)cc1. The number of nitrogens with zero attached hydrogens (tertiary/aromatic N) is 3. The van der Waals surface area contributed by atoms with Gasteiger partial charge in [0.2, 0.25) is 0 Å². The summed E-state index contributed by atoms with van der Waals surface area (Å²) in [6, 6.07) is 20.0. The number of amides is 3. The van der Waals surface area contributed by atoms with Crippen LogP contribution in [0, 0.1) is 0 Å². The van der Waals surface area contributed by atoms with E-state index in [2.05, 4.69) is 9.84 Å². The Morgan fingerprint density at radius 2 is 1.66 bits per heavy atom. The van der Waals surface area contributed by atoms with Gasteiger partial charge in [0.05, 0.1) is 30.0 Å². The molecule has 0 saturated carbocycles. The molecule has 7 nitrogen and oxygen atoms in total. The van der Waals surface area contributed by atoms with E-state index in [0.29, 0.717) is 10.7 Å². The molecule has 3 aromatic carbocycles. The van der Waals surface area contributed by atoms with Gasteiger partial charge in [-0.2, -0.15) is 10.0 Å². The molecule has 1 unspecified atom stereocenters. The van der Waals surface area contributed by atoms with Crippen LogP contribution in [0.3, 0.4) is 0 Å². The Hall–Kier alpha value is -4.05. The topological polar surface area (TPSA) is 71.4 Å². The smallest absolute Gasteiger partial charge is 0.449 e. The summed E-state index contributed by atoms with van der Waals surface area (Å²) in [4.78, 5) is 27.3. The highest BCUT2D eigenvalue weighted by Crippen LogP contribution is 2.36. The van der Waals surface area contributed by atoms with E-state index in [1.54, 1.807) is 31.2 Å². The van der Waals surface area contributed by atoms with E-state index in [0.717, 1.165) is 45.3 Å². The molecule has 11 heteroatoms. The minimum absolute atomic E-state index is 0.0143. The third kappa shape index (κ3) is 5.75. The van der Waals surface area contributed by atoms with Crippen LogP contribution in [0.5, 0.6) is 5.75 Å². The molecule has 3 amide bonds. The summed E-state index contributed by atoms with van der Waals surface area (Å²) in [6.45, 7) is 3.55. The first-order chi connectivity index (χ1) is 18.0. The second kappa shape index (κ2) is 10.7. The van der Waals surface area contributed by atoms with Gasteiger partial charge in [-0.1, -0.05) is 54.1 Å². The van der Waals surface area contributed by atoms with Crippen molar-refractivity contribution in [3.8, 4) is 5.75 Å². The van der Waals surface area contributed by atoms with Crippen molar-refractivity contribution in [2.24, 2.45) is 5.10 Å². The number of rotatable bonds is 5. The maximum atomic E-state index is 13.7. The molecule has 38 heavy (non-hydrogen) atoms. The molecule has 0 saturated heterocycles. The van der Waals surface area contributed by atoms with Crippen LogP contribution in [0.4, 0.5) is 28.4 Å². The van der Waals surface area contributed by atoms with E-state index in [1.165, 1.54) is 0 Å². The molecule has 0 N–H and O–H groups in total. The number of imide groups is 1. The number of benzene rings is 3. The van der Waals surface area contributed by atoms with Crippen molar-refractivity contribution in [2.45, 2.75) is 25.6 Å². The Balaban J connectivity index is 1.73. The van der Waals surface area contributed by atoms with Crippen LogP contribution in [0.15, 0.2) is 84.0 Å². The van der Waals surface area contributed by atoms with Crippen LogP contribution in [-0.4, -0.2) is 42.4 Å². The van der Waals surface area contributed by atoms with E-state index >= 15 is 0 Å². The predicted molar refractivity (Wildman–Crippen MR) is 137 cm³/mol.